The van der Waals surface area contributed by atoms with Crippen molar-refractivity contribution >= 4 is 17.2 Å². The highest BCUT2D eigenvalue weighted by Crippen LogP contribution is 2.45. The van der Waals surface area contributed by atoms with Crippen LogP contribution in [0.5, 0.6) is 0 Å². The summed E-state index contributed by atoms with van der Waals surface area (Å²) in [4.78, 5) is 21.7. The van der Waals surface area contributed by atoms with Crippen LogP contribution in [0.15, 0.2) is 53.3 Å². The number of amides is 1. The van der Waals surface area contributed by atoms with Gasteiger partial charge in [0.15, 0.2) is 0 Å². The normalized spacial score (nSPS) is 15.6. The van der Waals surface area contributed by atoms with Gasteiger partial charge >= 0.3 is 0 Å². The van der Waals surface area contributed by atoms with Gasteiger partial charge in [0, 0.05) is 24.6 Å². The lowest BCUT2D eigenvalue weighted by Gasteiger charge is -2.16. The number of imidazole rings is 1. The van der Waals surface area contributed by atoms with E-state index >= 15 is 0 Å². The molecule has 164 valence electrons. The van der Waals surface area contributed by atoms with Crippen molar-refractivity contribution < 1.29 is 19.2 Å². The van der Waals surface area contributed by atoms with Gasteiger partial charge in [0.25, 0.3) is 5.91 Å². The number of rotatable bonds is 7. The summed E-state index contributed by atoms with van der Waals surface area (Å²) in [6.45, 7) is 1.91. The number of nitrogens with one attached hydrogen (secondary N) is 2. The van der Waals surface area contributed by atoms with Gasteiger partial charge in [0.1, 0.15) is 16.9 Å². The minimum atomic E-state index is -1.12. The molecule has 3 aromatic heterocycles. The Morgan fingerprint density at radius 2 is 2.16 bits per heavy atom. The van der Waals surface area contributed by atoms with E-state index in [0.29, 0.717) is 34.3 Å². The summed E-state index contributed by atoms with van der Waals surface area (Å²) in [6, 6.07) is 11.1. The van der Waals surface area contributed by atoms with Crippen molar-refractivity contribution in [3.05, 3.63) is 65.9 Å². The van der Waals surface area contributed by atoms with Crippen LogP contribution in [0.1, 0.15) is 34.8 Å². The number of fused-ring (bicyclic) bond motifs is 1. The summed E-state index contributed by atoms with van der Waals surface area (Å²) < 4.78 is 12.1. The first-order chi connectivity index (χ1) is 15.5. The van der Waals surface area contributed by atoms with E-state index in [9.17, 15) is 9.90 Å². The second kappa shape index (κ2) is 7.83. The molecule has 10 heteroatoms. The topological polar surface area (TPSA) is 127 Å². The Kier molecular flexibility index (Phi) is 4.97. The van der Waals surface area contributed by atoms with Crippen LogP contribution in [0, 0.1) is 6.92 Å². The second-order valence-corrected chi connectivity index (χ2v) is 7.79. The fourth-order valence-electron chi connectivity index (χ4n) is 3.56. The molecule has 3 heterocycles. The minimum Gasteiger partial charge on any atom is -0.356 e. The van der Waals surface area contributed by atoms with Gasteiger partial charge in [-0.05, 0) is 43.5 Å². The van der Waals surface area contributed by atoms with Crippen molar-refractivity contribution in [1.82, 2.24) is 24.8 Å². The van der Waals surface area contributed by atoms with Crippen LogP contribution in [0.4, 0.5) is 5.69 Å². The molecule has 4 aromatic rings. The van der Waals surface area contributed by atoms with Gasteiger partial charge in [0.2, 0.25) is 18.1 Å². The number of hydrogen-bond donors (Lipinski definition) is 3. The number of aryl methyl sites for hydroxylation is 1. The summed E-state index contributed by atoms with van der Waals surface area (Å²) in [5.41, 5.74) is 2.78. The molecule has 0 spiro atoms. The molecule has 3 N–H and O–H groups in total. The second-order valence-electron chi connectivity index (χ2n) is 7.79. The Morgan fingerprint density at radius 1 is 1.31 bits per heavy atom. The van der Waals surface area contributed by atoms with Gasteiger partial charge in [-0.3, -0.25) is 14.5 Å². The third kappa shape index (κ3) is 3.64. The fraction of sp³-hybridized carbons (Fsp3) is 0.273. The molecule has 1 atom stereocenters. The zero-order valence-electron chi connectivity index (χ0n) is 17.6. The number of ether oxygens (including phenoxy) is 1. The monoisotopic (exact) mass is 434 g/mol. The number of hydrogen-bond acceptors (Lipinski definition) is 8. The third-order valence-corrected chi connectivity index (χ3v) is 5.60. The molecule has 0 radical (unpaired) electrons. The zero-order chi connectivity index (χ0) is 22.3. The van der Waals surface area contributed by atoms with Crippen molar-refractivity contribution in [2.24, 2.45) is 0 Å². The molecule has 1 aliphatic rings. The third-order valence-electron chi connectivity index (χ3n) is 5.60. The number of aromatic nitrogens is 4. The van der Waals surface area contributed by atoms with E-state index in [-0.39, 0.29) is 5.91 Å². The SMILES string of the molecule is COC(O)NC1(c2nc(-c3ccc(C)c(NC(=O)c4cnc5ccccn45)c3)no2)CC1. The van der Waals surface area contributed by atoms with E-state index < -0.39 is 12.0 Å². The summed E-state index contributed by atoms with van der Waals surface area (Å²) >= 11 is 0. The van der Waals surface area contributed by atoms with E-state index in [1.165, 1.54) is 7.11 Å². The van der Waals surface area contributed by atoms with Crippen LogP contribution in [0.2, 0.25) is 0 Å². The summed E-state index contributed by atoms with van der Waals surface area (Å²) in [5.74, 6) is 0.512. The number of benzene rings is 1. The zero-order valence-corrected chi connectivity index (χ0v) is 17.6. The lowest BCUT2D eigenvalue weighted by atomic mass is 10.1. The fourth-order valence-corrected chi connectivity index (χ4v) is 3.56. The van der Waals surface area contributed by atoms with E-state index in [0.717, 1.165) is 18.4 Å². The molecular formula is C22H22N6O4. The molecule has 1 aliphatic carbocycles. The van der Waals surface area contributed by atoms with E-state index in [1.807, 2.05) is 43.3 Å². The summed E-state index contributed by atoms with van der Waals surface area (Å²) in [7, 11) is 1.40. The predicted molar refractivity (Wildman–Crippen MR) is 115 cm³/mol. The lowest BCUT2D eigenvalue weighted by Crippen LogP contribution is -2.39. The molecule has 0 aliphatic heterocycles. The summed E-state index contributed by atoms with van der Waals surface area (Å²) in [6.07, 6.45) is 3.73. The first kappa shape index (κ1) is 20.3. The molecule has 1 fully saturated rings. The molecule has 1 saturated carbocycles. The van der Waals surface area contributed by atoms with Gasteiger partial charge in [0.05, 0.1) is 6.20 Å². The Bertz CT molecular complexity index is 1290. The summed E-state index contributed by atoms with van der Waals surface area (Å²) in [5, 5.41) is 19.7. The van der Waals surface area contributed by atoms with Gasteiger partial charge in [-0.1, -0.05) is 23.4 Å². The average molecular weight is 434 g/mol. The first-order valence-electron chi connectivity index (χ1n) is 10.2. The van der Waals surface area contributed by atoms with E-state index in [1.54, 1.807) is 16.8 Å². The molecule has 10 nitrogen and oxygen atoms in total. The molecule has 32 heavy (non-hydrogen) atoms. The van der Waals surface area contributed by atoms with Gasteiger partial charge in [-0.25, -0.2) is 4.98 Å². The minimum absolute atomic E-state index is 0.271. The van der Waals surface area contributed by atoms with Gasteiger partial charge in [-0.15, -0.1) is 0 Å². The van der Waals surface area contributed by atoms with Crippen molar-refractivity contribution in [1.29, 1.82) is 0 Å². The maximum Gasteiger partial charge on any atom is 0.274 e. The van der Waals surface area contributed by atoms with Crippen molar-refractivity contribution in [3.8, 4) is 11.4 Å². The van der Waals surface area contributed by atoms with Crippen LogP contribution in [0.25, 0.3) is 17.0 Å². The highest BCUT2D eigenvalue weighted by Gasteiger charge is 2.50. The van der Waals surface area contributed by atoms with E-state index in [2.05, 4.69) is 25.8 Å². The Morgan fingerprint density at radius 3 is 2.94 bits per heavy atom. The van der Waals surface area contributed by atoms with E-state index in [4.69, 9.17) is 9.26 Å². The van der Waals surface area contributed by atoms with Crippen LogP contribution < -0.4 is 10.6 Å². The quantitative estimate of drug-likeness (QED) is 0.379. The molecule has 0 bridgehead atoms. The van der Waals surface area contributed by atoms with Crippen LogP contribution in [0.3, 0.4) is 0 Å². The van der Waals surface area contributed by atoms with Crippen molar-refractivity contribution in [2.45, 2.75) is 31.7 Å². The molecule has 1 aromatic carbocycles. The van der Waals surface area contributed by atoms with Crippen molar-refractivity contribution in [2.75, 3.05) is 12.4 Å². The number of aliphatic hydroxyl groups is 1. The number of methoxy groups -OCH3 is 1. The Labute approximate surface area is 183 Å². The number of anilines is 1. The molecule has 1 amide bonds. The van der Waals surface area contributed by atoms with Crippen molar-refractivity contribution in [3.63, 3.8) is 0 Å². The van der Waals surface area contributed by atoms with Gasteiger partial charge < -0.3 is 19.7 Å². The number of carbonyl (C=O) groups excluding carboxylic acids is 1. The first-order valence-corrected chi connectivity index (χ1v) is 10.2. The standard InChI is InChI=1S/C22H22N6O4/c1-13-6-7-14(18-25-20(32-27-18)22(8-9-22)26-21(30)31-2)11-15(13)24-19(29)16-12-23-17-5-3-4-10-28(16)17/h3-7,10-12,21,26,30H,8-9H2,1-2H3,(H,24,29). The molecule has 1 unspecified atom stereocenters. The number of aliphatic hydroxyl groups excluding tert-OH is 1. The molecule has 0 saturated heterocycles. The maximum atomic E-state index is 12.9. The van der Waals surface area contributed by atoms with Crippen LogP contribution in [-0.4, -0.2) is 44.1 Å². The van der Waals surface area contributed by atoms with Crippen LogP contribution in [-0.2, 0) is 10.3 Å². The van der Waals surface area contributed by atoms with Gasteiger partial charge in [-0.2, -0.15) is 4.98 Å². The predicted octanol–water partition coefficient (Wildman–Crippen LogP) is 2.45. The number of nitrogens with zero attached hydrogens (tertiary/aromatic N) is 4. The highest BCUT2D eigenvalue weighted by atomic mass is 16.6. The highest BCUT2D eigenvalue weighted by molar-refractivity contribution is 6.04. The largest absolute Gasteiger partial charge is 0.356 e. The number of carbonyl (C=O) groups is 1. The average Bonchev–Trinajstić information content (AvgIpc) is 3.22. The molecular weight excluding hydrogens is 412 g/mol. The Balaban J connectivity index is 1.39. The molecule has 5 rings (SSSR count). The smallest absolute Gasteiger partial charge is 0.274 e. The lowest BCUT2D eigenvalue weighted by molar-refractivity contribution is -0.108. The maximum absolute atomic E-state index is 12.9. The Hall–Kier alpha value is -3.60. The number of pyridine rings is 1. The van der Waals surface area contributed by atoms with Crippen LogP contribution >= 0.6 is 0 Å².